The van der Waals surface area contributed by atoms with Crippen LogP contribution in [0.25, 0.3) is 0 Å². The summed E-state index contributed by atoms with van der Waals surface area (Å²) >= 11 is 1.52. The molecular weight excluding hydrogens is 234 g/mol. The first-order chi connectivity index (χ1) is 8.16. The van der Waals surface area contributed by atoms with Crippen molar-refractivity contribution >= 4 is 17.7 Å². The quantitative estimate of drug-likeness (QED) is 0.804. The van der Waals surface area contributed by atoms with Gasteiger partial charge in [0, 0.05) is 10.6 Å². The molecule has 92 valence electrons. The average molecular weight is 251 g/mol. The number of hydrogen-bond donors (Lipinski definition) is 2. The maximum absolute atomic E-state index is 10.6. The Kier molecular flexibility index (Phi) is 4.07. The SMILES string of the molecule is NC(CSc1ccc2c(c1)CCCC2)C(=O)O. The summed E-state index contributed by atoms with van der Waals surface area (Å²) in [4.78, 5) is 11.7. The third kappa shape index (κ3) is 3.23. The lowest BCUT2D eigenvalue weighted by atomic mass is 9.92. The van der Waals surface area contributed by atoms with E-state index in [0.717, 1.165) is 11.3 Å². The third-order valence-electron chi connectivity index (χ3n) is 3.07. The van der Waals surface area contributed by atoms with Crippen LogP contribution in [-0.4, -0.2) is 22.9 Å². The van der Waals surface area contributed by atoms with Crippen LogP contribution in [0, 0.1) is 0 Å². The maximum Gasteiger partial charge on any atom is 0.321 e. The van der Waals surface area contributed by atoms with Crippen LogP contribution in [0.3, 0.4) is 0 Å². The van der Waals surface area contributed by atoms with Crippen molar-refractivity contribution in [1.82, 2.24) is 0 Å². The summed E-state index contributed by atoms with van der Waals surface area (Å²) in [5, 5.41) is 8.71. The molecule has 1 atom stereocenters. The maximum atomic E-state index is 10.6. The number of carboxylic acids is 1. The second-order valence-electron chi connectivity index (χ2n) is 4.39. The van der Waals surface area contributed by atoms with Gasteiger partial charge in [0.15, 0.2) is 0 Å². The molecule has 0 spiro atoms. The molecule has 1 aromatic rings. The number of rotatable bonds is 4. The van der Waals surface area contributed by atoms with Gasteiger partial charge in [-0.2, -0.15) is 0 Å². The van der Waals surface area contributed by atoms with Gasteiger partial charge in [0.1, 0.15) is 6.04 Å². The number of aryl methyl sites for hydroxylation is 2. The highest BCUT2D eigenvalue weighted by atomic mass is 32.2. The molecule has 1 unspecified atom stereocenters. The molecule has 0 aliphatic heterocycles. The van der Waals surface area contributed by atoms with Gasteiger partial charge in [0.2, 0.25) is 0 Å². The van der Waals surface area contributed by atoms with Gasteiger partial charge in [0.25, 0.3) is 0 Å². The summed E-state index contributed by atoms with van der Waals surface area (Å²) in [6.45, 7) is 0. The van der Waals surface area contributed by atoms with E-state index < -0.39 is 12.0 Å². The summed E-state index contributed by atoms with van der Waals surface area (Å²) in [5.74, 6) is -0.510. The molecule has 0 radical (unpaired) electrons. The first kappa shape index (κ1) is 12.5. The van der Waals surface area contributed by atoms with Crippen molar-refractivity contribution in [2.24, 2.45) is 5.73 Å². The molecule has 0 saturated heterocycles. The van der Waals surface area contributed by atoms with Crippen molar-refractivity contribution in [2.45, 2.75) is 36.6 Å². The van der Waals surface area contributed by atoms with E-state index in [4.69, 9.17) is 10.8 Å². The number of aliphatic carboxylic acids is 1. The Labute approximate surface area is 105 Å². The Bertz CT molecular complexity index is 420. The summed E-state index contributed by atoms with van der Waals surface area (Å²) in [5.41, 5.74) is 8.35. The van der Waals surface area contributed by atoms with Gasteiger partial charge in [0.05, 0.1) is 0 Å². The third-order valence-corrected chi connectivity index (χ3v) is 4.18. The zero-order valence-corrected chi connectivity index (χ0v) is 10.5. The van der Waals surface area contributed by atoms with Crippen molar-refractivity contribution in [1.29, 1.82) is 0 Å². The summed E-state index contributed by atoms with van der Waals surface area (Å²) in [7, 11) is 0. The zero-order valence-electron chi connectivity index (χ0n) is 9.69. The van der Waals surface area contributed by atoms with Gasteiger partial charge in [-0.25, -0.2) is 0 Å². The Morgan fingerprint density at radius 2 is 2.06 bits per heavy atom. The van der Waals surface area contributed by atoms with Crippen LogP contribution in [0.4, 0.5) is 0 Å². The molecule has 4 heteroatoms. The summed E-state index contributed by atoms with van der Waals surface area (Å²) < 4.78 is 0. The lowest BCUT2D eigenvalue weighted by Crippen LogP contribution is -2.32. The Morgan fingerprint density at radius 3 is 2.76 bits per heavy atom. The van der Waals surface area contributed by atoms with Crippen LogP contribution in [0.15, 0.2) is 23.1 Å². The van der Waals surface area contributed by atoms with Crippen LogP contribution in [0.2, 0.25) is 0 Å². The number of carbonyl (C=O) groups is 1. The number of benzene rings is 1. The van der Waals surface area contributed by atoms with Crippen molar-refractivity contribution in [2.75, 3.05) is 5.75 Å². The van der Waals surface area contributed by atoms with E-state index in [1.807, 2.05) is 0 Å². The van der Waals surface area contributed by atoms with Crippen molar-refractivity contribution in [3.05, 3.63) is 29.3 Å². The van der Waals surface area contributed by atoms with E-state index in [-0.39, 0.29) is 0 Å². The van der Waals surface area contributed by atoms with E-state index in [1.165, 1.54) is 42.2 Å². The molecule has 1 aliphatic rings. The highest BCUT2D eigenvalue weighted by molar-refractivity contribution is 7.99. The molecule has 3 N–H and O–H groups in total. The predicted molar refractivity (Wildman–Crippen MR) is 69.4 cm³/mol. The molecule has 0 saturated carbocycles. The Balaban J connectivity index is 2.00. The largest absolute Gasteiger partial charge is 0.480 e. The molecule has 0 heterocycles. The van der Waals surface area contributed by atoms with E-state index >= 15 is 0 Å². The summed E-state index contributed by atoms with van der Waals surface area (Å²) in [6, 6.07) is 5.65. The lowest BCUT2D eigenvalue weighted by molar-refractivity contribution is -0.137. The fourth-order valence-electron chi connectivity index (χ4n) is 2.06. The Hall–Kier alpha value is -1.00. The number of carboxylic acid groups (broad SMARTS) is 1. The number of fused-ring (bicyclic) bond motifs is 1. The second-order valence-corrected chi connectivity index (χ2v) is 5.49. The molecular formula is C13H17NO2S. The normalized spacial score (nSPS) is 16.3. The Morgan fingerprint density at radius 1 is 1.35 bits per heavy atom. The van der Waals surface area contributed by atoms with E-state index in [0.29, 0.717) is 5.75 Å². The molecule has 0 bridgehead atoms. The van der Waals surface area contributed by atoms with Crippen molar-refractivity contribution in [3.63, 3.8) is 0 Å². The van der Waals surface area contributed by atoms with Gasteiger partial charge < -0.3 is 10.8 Å². The molecule has 3 nitrogen and oxygen atoms in total. The number of thioether (sulfide) groups is 1. The van der Waals surface area contributed by atoms with E-state index in [2.05, 4.69) is 18.2 Å². The van der Waals surface area contributed by atoms with Gasteiger partial charge in [-0.1, -0.05) is 6.07 Å². The molecule has 0 aromatic heterocycles. The highest BCUT2D eigenvalue weighted by Gasteiger charge is 2.13. The van der Waals surface area contributed by atoms with Crippen molar-refractivity contribution in [3.8, 4) is 0 Å². The standard InChI is InChI=1S/C13H17NO2S/c14-12(13(15)16)8-17-11-6-5-9-3-1-2-4-10(9)7-11/h5-7,12H,1-4,8,14H2,(H,15,16). The first-order valence-corrected chi connectivity index (χ1v) is 6.88. The first-order valence-electron chi connectivity index (χ1n) is 5.90. The van der Waals surface area contributed by atoms with Crippen molar-refractivity contribution < 1.29 is 9.90 Å². The number of hydrogen-bond acceptors (Lipinski definition) is 3. The minimum Gasteiger partial charge on any atom is -0.480 e. The molecule has 2 rings (SSSR count). The van der Waals surface area contributed by atoms with Gasteiger partial charge >= 0.3 is 5.97 Å². The highest BCUT2D eigenvalue weighted by Crippen LogP contribution is 2.27. The minimum atomic E-state index is -0.935. The smallest absolute Gasteiger partial charge is 0.321 e. The van der Waals surface area contributed by atoms with E-state index in [9.17, 15) is 4.79 Å². The van der Waals surface area contributed by atoms with Gasteiger partial charge in [-0.3, -0.25) is 4.79 Å². The van der Waals surface area contributed by atoms with E-state index in [1.54, 1.807) is 0 Å². The van der Waals surface area contributed by atoms with Gasteiger partial charge in [-0.05, 0) is 48.9 Å². The molecule has 1 aromatic carbocycles. The zero-order chi connectivity index (χ0) is 12.3. The lowest BCUT2D eigenvalue weighted by Gasteiger charge is -2.16. The van der Waals surface area contributed by atoms with Crippen LogP contribution in [0.1, 0.15) is 24.0 Å². The minimum absolute atomic E-state index is 0.425. The average Bonchev–Trinajstić information content (AvgIpc) is 2.35. The fourth-order valence-corrected chi connectivity index (χ4v) is 2.96. The van der Waals surface area contributed by atoms with Crippen LogP contribution >= 0.6 is 11.8 Å². The van der Waals surface area contributed by atoms with Crippen LogP contribution < -0.4 is 5.73 Å². The monoisotopic (exact) mass is 251 g/mol. The summed E-state index contributed by atoms with van der Waals surface area (Å²) in [6.07, 6.45) is 4.86. The van der Waals surface area contributed by atoms with Crippen LogP contribution in [0.5, 0.6) is 0 Å². The fraction of sp³-hybridized carbons (Fsp3) is 0.462. The topological polar surface area (TPSA) is 63.3 Å². The predicted octanol–water partition coefficient (Wildman–Crippen LogP) is 2.07. The second kappa shape index (κ2) is 5.56. The molecule has 0 fully saturated rings. The molecule has 1 aliphatic carbocycles. The molecule has 17 heavy (non-hydrogen) atoms. The van der Waals surface area contributed by atoms with Crippen LogP contribution in [-0.2, 0) is 17.6 Å². The van der Waals surface area contributed by atoms with Gasteiger partial charge in [-0.15, -0.1) is 11.8 Å². The molecule has 0 amide bonds. The number of nitrogens with two attached hydrogens (primary N) is 1.